The lowest BCUT2D eigenvalue weighted by molar-refractivity contribution is 0.251. The molecule has 0 fully saturated rings. The average molecular weight is 303 g/mol. The Labute approximate surface area is 122 Å². The van der Waals surface area contributed by atoms with Crippen molar-refractivity contribution in [3.05, 3.63) is 82.2 Å². The third kappa shape index (κ3) is 4.45. The van der Waals surface area contributed by atoms with Crippen molar-refractivity contribution in [1.29, 1.82) is 0 Å². The second kappa shape index (κ2) is 7.07. The molecule has 0 aliphatic rings. The van der Waals surface area contributed by atoms with Crippen LogP contribution in [-0.2, 0) is 9.09 Å². The number of hydrogen-bond acceptors (Lipinski definition) is 2. The summed E-state index contributed by atoms with van der Waals surface area (Å²) >= 11 is 0. The molecule has 21 heavy (non-hydrogen) atoms. The van der Waals surface area contributed by atoms with Gasteiger partial charge in [0.05, 0.1) is 6.61 Å². The van der Waals surface area contributed by atoms with Crippen LogP contribution in [0, 0.1) is 0 Å². The van der Waals surface area contributed by atoms with Crippen molar-refractivity contribution in [3.8, 4) is 0 Å². The minimum Gasteiger partial charge on any atom is -0.320 e. The molecule has 7 heteroatoms. The van der Waals surface area contributed by atoms with Crippen LogP contribution in [0.25, 0.3) is 10.4 Å². The van der Waals surface area contributed by atoms with Gasteiger partial charge in [-0.25, -0.2) is 0 Å². The van der Waals surface area contributed by atoms with Crippen LogP contribution < -0.4 is 0 Å². The van der Waals surface area contributed by atoms with Crippen molar-refractivity contribution in [2.24, 2.45) is 4.88 Å². The van der Waals surface area contributed by atoms with Crippen molar-refractivity contribution in [2.75, 3.05) is 6.61 Å². The zero-order valence-electron chi connectivity index (χ0n) is 11.1. The highest BCUT2D eigenvalue weighted by Gasteiger charge is 2.22. The van der Waals surface area contributed by atoms with E-state index in [9.17, 15) is 9.46 Å². The van der Waals surface area contributed by atoms with Gasteiger partial charge in [0, 0.05) is 15.7 Å². The van der Waals surface area contributed by atoms with Gasteiger partial charge in [-0.05, 0) is 16.7 Å². The van der Waals surface area contributed by atoms with Gasteiger partial charge >= 0.3 is 7.75 Å². The quantitative estimate of drug-likeness (QED) is 0.374. The first-order valence-corrected chi connectivity index (χ1v) is 7.79. The summed E-state index contributed by atoms with van der Waals surface area (Å²) in [4.78, 5) is 14.5. The van der Waals surface area contributed by atoms with Gasteiger partial charge in [-0.15, -0.1) is 0 Å². The van der Waals surface area contributed by atoms with Gasteiger partial charge in [0.15, 0.2) is 0 Å². The largest absolute Gasteiger partial charge is 0.417 e. The van der Waals surface area contributed by atoms with Gasteiger partial charge in [-0.3, -0.25) is 4.57 Å². The molecule has 0 aromatic heterocycles. The first-order chi connectivity index (χ1) is 10.1. The second-order valence-electron chi connectivity index (χ2n) is 4.34. The van der Waals surface area contributed by atoms with Crippen LogP contribution in [0.2, 0.25) is 0 Å². The van der Waals surface area contributed by atoms with Crippen LogP contribution in [0.3, 0.4) is 0 Å². The monoisotopic (exact) mass is 303 g/mol. The van der Waals surface area contributed by atoms with E-state index in [0.717, 1.165) is 11.1 Å². The Morgan fingerprint density at radius 2 is 1.57 bits per heavy atom. The molecule has 2 aromatic carbocycles. The summed E-state index contributed by atoms with van der Waals surface area (Å²) in [6.45, 7) is -0.0547. The summed E-state index contributed by atoms with van der Waals surface area (Å²) in [5, 5.41) is 0. The lowest BCUT2D eigenvalue weighted by atomic mass is 9.92. The van der Waals surface area contributed by atoms with E-state index in [1.165, 1.54) is 0 Å². The van der Waals surface area contributed by atoms with Crippen LogP contribution in [-0.4, -0.2) is 11.5 Å². The Hall–Kier alpha value is -2.10. The molecule has 1 atom stereocenters. The van der Waals surface area contributed by atoms with Gasteiger partial charge in [-0.2, -0.15) is 0 Å². The molecule has 6 nitrogen and oxygen atoms in total. The summed E-state index contributed by atoms with van der Waals surface area (Å²) in [5.74, 6) is -0.221. The Kier molecular flexibility index (Phi) is 5.14. The molecule has 0 amide bonds. The maximum Gasteiger partial charge on any atom is 0.417 e. The van der Waals surface area contributed by atoms with E-state index < -0.39 is 7.75 Å². The highest BCUT2D eigenvalue weighted by molar-refractivity contribution is 7.51. The van der Waals surface area contributed by atoms with E-state index >= 15 is 0 Å². The minimum atomic E-state index is -4.28. The van der Waals surface area contributed by atoms with Crippen molar-refractivity contribution < 1.29 is 14.0 Å². The predicted molar refractivity (Wildman–Crippen MR) is 79.7 cm³/mol. The van der Waals surface area contributed by atoms with E-state index in [1.807, 2.05) is 60.7 Å². The standard InChI is InChI=1S/C14H14N3O3P/c15-16-17-21(18,19)20-11-14(12-7-3-1-4-8-12)13-9-5-2-6-10-13/h1-10,14H,11H2,(H,18,19). The molecule has 108 valence electrons. The highest BCUT2D eigenvalue weighted by atomic mass is 31.2. The average Bonchev–Trinajstić information content (AvgIpc) is 2.49. The van der Waals surface area contributed by atoms with Crippen LogP contribution >= 0.6 is 7.75 Å². The summed E-state index contributed by atoms with van der Waals surface area (Å²) in [5.41, 5.74) is 10.1. The summed E-state index contributed by atoms with van der Waals surface area (Å²) in [6, 6.07) is 19.0. The fourth-order valence-electron chi connectivity index (χ4n) is 2.00. The van der Waals surface area contributed by atoms with Crippen molar-refractivity contribution in [3.63, 3.8) is 0 Å². The molecule has 0 radical (unpaired) electrons. The van der Waals surface area contributed by atoms with Gasteiger partial charge in [-0.1, -0.05) is 60.7 Å². The molecule has 0 heterocycles. The Morgan fingerprint density at radius 1 is 1.10 bits per heavy atom. The van der Waals surface area contributed by atoms with Gasteiger partial charge < -0.3 is 9.42 Å². The van der Waals surface area contributed by atoms with E-state index in [4.69, 9.17) is 10.1 Å². The number of azide groups is 1. The molecule has 0 saturated heterocycles. The molecule has 2 rings (SSSR count). The Bertz CT molecular complexity index is 633. The van der Waals surface area contributed by atoms with E-state index in [-0.39, 0.29) is 12.5 Å². The molecule has 0 aliphatic heterocycles. The van der Waals surface area contributed by atoms with Gasteiger partial charge in [0.2, 0.25) is 0 Å². The summed E-state index contributed by atoms with van der Waals surface area (Å²) < 4.78 is 16.4. The zero-order chi connectivity index (χ0) is 15.1. The van der Waals surface area contributed by atoms with Crippen molar-refractivity contribution in [1.82, 2.24) is 0 Å². The maximum absolute atomic E-state index is 11.5. The first-order valence-electron chi connectivity index (χ1n) is 6.26. The topological polar surface area (TPSA) is 95.3 Å². The van der Waals surface area contributed by atoms with Crippen LogP contribution in [0.5, 0.6) is 0 Å². The van der Waals surface area contributed by atoms with E-state index in [1.54, 1.807) is 0 Å². The predicted octanol–water partition coefficient (Wildman–Crippen LogP) is 4.25. The van der Waals surface area contributed by atoms with Crippen LogP contribution in [0.15, 0.2) is 65.5 Å². The van der Waals surface area contributed by atoms with E-state index in [2.05, 4.69) is 9.80 Å². The molecule has 0 spiro atoms. The maximum atomic E-state index is 11.5. The van der Waals surface area contributed by atoms with Crippen LogP contribution in [0.1, 0.15) is 17.0 Å². The van der Waals surface area contributed by atoms with E-state index in [0.29, 0.717) is 0 Å². The molecule has 0 bridgehead atoms. The molecule has 0 aliphatic carbocycles. The van der Waals surface area contributed by atoms with Crippen LogP contribution in [0.4, 0.5) is 0 Å². The zero-order valence-corrected chi connectivity index (χ0v) is 12.0. The molecule has 2 aromatic rings. The lowest BCUT2D eigenvalue weighted by Gasteiger charge is -2.18. The molecule has 1 N–H and O–H groups in total. The lowest BCUT2D eigenvalue weighted by Crippen LogP contribution is -2.08. The number of hydrogen-bond donors (Lipinski definition) is 1. The number of benzene rings is 2. The Balaban J connectivity index is 2.26. The van der Waals surface area contributed by atoms with Gasteiger partial charge in [0.1, 0.15) is 0 Å². The smallest absolute Gasteiger partial charge is 0.320 e. The third-order valence-electron chi connectivity index (χ3n) is 2.97. The molecular formula is C14H14N3O3P. The molecule has 0 saturated carbocycles. The molecular weight excluding hydrogens is 289 g/mol. The minimum absolute atomic E-state index is 0.0547. The fraction of sp³-hybridized carbons (Fsp3) is 0.143. The summed E-state index contributed by atoms with van der Waals surface area (Å²) in [6.07, 6.45) is 0. The highest BCUT2D eigenvalue weighted by Crippen LogP contribution is 2.45. The number of rotatable bonds is 6. The van der Waals surface area contributed by atoms with Crippen molar-refractivity contribution in [2.45, 2.75) is 5.92 Å². The van der Waals surface area contributed by atoms with Crippen molar-refractivity contribution >= 4 is 7.75 Å². The second-order valence-corrected chi connectivity index (χ2v) is 5.76. The SMILES string of the molecule is [N-]=[N+]=NP(=O)(O)OCC(c1ccccc1)c1ccccc1. The fourth-order valence-corrected chi connectivity index (χ4v) is 2.50. The molecule has 1 unspecified atom stereocenters. The van der Waals surface area contributed by atoms with Gasteiger partial charge in [0.25, 0.3) is 0 Å². The Morgan fingerprint density at radius 3 is 2.00 bits per heavy atom. The third-order valence-corrected chi connectivity index (χ3v) is 3.76. The number of nitrogens with zero attached hydrogens (tertiary/aromatic N) is 3. The summed E-state index contributed by atoms with van der Waals surface area (Å²) in [7, 11) is -4.28. The normalized spacial score (nSPS) is 13.4. The first kappa shape index (κ1) is 15.3.